The summed E-state index contributed by atoms with van der Waals surface area (Å²) in [6.45, 7) is 5.20. The monoisotopic (exact) mass is 210 g/mol. The van der Waals surface area contributed by atoms with Gasteiger partial charge in [0.15, 0.2) is 0 Å². The SMILES string of the molecule is C[C@@H]1CCCN(C(=O)[C@@H]2CCCCN2)C1. The molecule has 0 aromatic carbocycles. The summed E-state index contributed by atoms with van der Waals surface area (Å²) in [5, 5.41) is 3.34. The number of nitrogens with one attached hydrogen (secondary N) is 1. The van der Waals surface area contributed by atoms with Crippen molar-refractivity contribution >= 4 is 5.91 Å². The van der Waals surface area contributed by atoms with Gasteiger partial charge in [-0.25, -0.2) is 0 Å². The molecule has 2 saturated heterocycles. The number of rotatable bonds is 1. The average Bonchev–Trinajstić information content (AvgIpc) is 2.29. The highest BCUT2D eigenvalue weighted by Gasteiger charge is 2.28. The van der Waals surface area contributed by atoms with Crippen LogP contribution in [0.3, 0.4) is 0 Å². The van der Waals surface area contributed by atoms with Crippen LogP contribution in [0.1, 0.15) is 39.0 Å². The van der Waals surface area contributed by atoms with E-state index in [2.05, 4.69) is 17.1 Å². The highest BCUT2D eigenvalue weighted by molar-refractivity contribution is 5.82. The minimum atomic E-state index is 0.115. The smallest absolute Gasteiger partial charge is 0.239 e. The van der Waals surface area contributed by atoms with Crippen molar-refractivity contribution in [1.29, 1.82) is 0 Å². The first-order valence-electron chi connectivity index (χ1n) is 6.29. The van der Waals surface area contributed by atoms with E-state index in [0.29, 0.717) is 11.8 Å². The Bertz CT molecular complexity index is 224. The van der Waals surface area contributed by atoms with Gasteiger partial charge in [-0.2, -0.15) is 0 Å². The summed E-state index contributed by atoms with van der Waals surface area (Å²) >= 11 is 0. The van der Waals surface area contributed by atoms with Crippen molar-refractivity contribution in [2.24, 2.45) is 5.92 Å². The van der Waals surface area contributed by atoms with Gasteiger partial charge in [0.25, 0.3) is 0 Å². The molecule has 0 aromatic rings. The third kappa shape index (κ3) is 2.71. The topological polar surface area (TPSA) is 32.3 Å². The molecule has 0 radical (unpaired) electrons. The van der Waals surface area contributed by atoms with E-state index in [1.165, 1.54) is 25.7 Å². The Morgan fingerprint density at radius 3 is 2.80 bits per heavy atom. The molecule has 2 rings (SSSR count). The zero-order valence-corrected chi connectivity index (χ0v) is 9.67. The van der Waals surface area contributed by atoms with Crippen LogP contribution in [0.2, 0.25) is 0 Å². The van der Waals surface area contributed by atoms with Gasteiger partial charge in [0, 0.05) is 13.1 Å². The summed E-state index contributed by atoms with van der Waals surface area (Å²) in [5.74, 6) is 1.03. The van der Waals surface area contributed by atoms with E-state index >= 15 is 0 Å². The van der Waals surface area contributed by atoms with Crippen molar-refractivity contribution in [2.45, 2.75) is 45.1 Å². The number of hydrogen-bond acceptors (Lipinski definition) is 2. The fourth-order valence-electron chi connectivity index (χ4n) is 2.67. The first kappa shape index (κ1) is 10.9. The van der Waals surface area contributed by atoms with E-state index in [0.717, 1.165) is 26.1 Å². The molecule has 1 N–H and O–H groups in total. The molecule has 0 spiro atoms. The first-order valence-corrected chi connectivity index (χ1v) is 6.29. The van der Waals surface area contributed by atoms with Crippen molar-refractivity contribution in [2.75, 3.05) is 19.6 Å². The number of carbonyl (C=O) groups excluding carboxylic acids is 1. The predicted octanol–water partition coefficient (Wildman–Crippen LogP) is 1.39. The van der Waals surface area contributed by atoms with Crippen LogP contribution in [0.5, 0.6) is 0 Å². The van der Waals surface area contributed by atoms with Crippen molar-refractivity contribution < 1.29 is 4.79 Å². The summed E-state index contributed by atoms with van der Waals surface area (Å²) in [5.41, 5.74) is 0. The second-order valence-electron chi connectivity index (χ2n) is 5.03. The maximum atomic E-state index is 12.2. The molecular formula is C12H22N2O. The second kappa shape index (κ2) is 4.97. The third-order valence-corrected chi connectivity index (χ3v) is 3.58. The van der Waals surface area contributed by atoms with Crippen LogP contribution in [0.15, 0.2) is 0 Å². The summed E-state index contributed by atoms with van der Waals surface area (Å²) < 4.78 is 0. The van der Waals surface area contributed by atoms with Gasteiger partial charge in [0.05, 0.1) is 6.04 Å². The minimum absolute atomic E-state index is 0.115. The highest BCUT2D eigenvalue weighted by Crippen LogP contribution is 2.18. The molecule has 15 heavy (non-hydrogen) atoms. The van der Waals surface area contributed by atoms with E-state index in [1.54, 1.807) is 0 Å². The number of hydrogen-bond donors (Lipinski definition) is 1. The maximum Gasteiger partial charge on any atom is 0.239 e. The summed E-state index contributed by atoms with van der Waals surface area (Å²) in [4.78, 5) is 14.2. The molecule has 3 heteroatoms. The first-order chi connectivity index (χ1) is 7.27. The number of piperidine rings is 2. The van der Waals surface area contributed by atoms with E-state index in [1.807, 2.05) is 0 Å². The largest absolute Gasteiger partial charge is 0.341 e. The molecule has 2 heterocycles. The molecule has 2 aliphatic heterocycles. The van der Waals surface area contributed by atoms with Gasteiger partial charge in [-0.1, -0.05) is 13.3 Å². The quantitative estimate of drug-likeness (QED) is 0.709. The van der Waals surface area contributed by atoms with Gasteiger partial charge in [0.2, 0.25) is 5.91 Å². The Balaban J connectivity index is 1.88. The van der Waals surface area contributed by atoms with Crippen molar-refractivity contribution in [3.63, 3.8) is 0 Å². The van der Waals surface area contributed by atoms with Crippen LogP contribution >= 0.6 is 0 Å². The van der Waals surface area contributed by atoms with E-state index in [9.17, 15) is 4.79 Å². The summed E-state index contributed by atoms with van der Waals surface area (Å²) in [6, 6.07) is 0.115. The molecule has 2 aliphatic rings. The number of carbonyl (C=O) groups is 1. The summed E-state index contributed by atoms with van der Waals surface area (Å²) in [6.07, 6.45) is 5.91. The molecule has 0 aliphatic carbocycles. The van der Waals surface area contributed by atoms with Gasteiger partial charge in [0.1, 0.15) is 0 Å². The summed E-state index contributed by atoms with van der Waals surface area (Å²) in [7, 11) is 0. The van der Waals surface area contributed by atoms with E-state index in [4.69, 9.17) is 0 Å². The minimum Gasteiger partial charge on any atom is -0.341 e. The molecule has 3 nitrogen and oxygen atoms in total. The molecule has 86 valence electrons. The predicted molar refractivity (Wildman–Crippen MR) is 60.6 cm³/mol. The Morgan fingerprint density at radius 1 is 1.27 bits per heavy atom. The Hall–Kier alpha value is -0.570. The fraction of sp³-hybridized carbons (Fsp3) is 0.917. The number of nitrogens with zero attached hydrogens (tertiary/aromatic N) is 1. The lowest BCUT2D eigenvalue weighted by Crippen LogP contribution is -2.51. The Morgan fingerprint density at radius 2 is 2.13 bits per heavy atom. The molecule has 0 unspecified atom stereocenters. The Kier molecular flexibility index (Phi) is 3.62. The van der Waals surface area contributed by atoms with Crippen LogP contribution in [-0.2, 0) is 4.79 Å². The van der Waals surface area contributed by atoms with Crippen molar-refractivity contribution in [1.82, 2.24) is 10.2 Å². The molecular weight excluding hydrogens is 188 g/mol. The van der Waals surface area contributed by atoms with Gasteiger partial charge >= 0.3 is 0 Å². The standard InChI is InChI=1S/C12H22N2O/c1-10-5-4-8-14(9-10)12(15)11-6-2-3-7-13-11/h10-11,13H,2-9H2,1H3/t10-,11+/m1/s1. The zero-order valence-electron chi connectivity index (χ0n) is 9.67. The van der Waals surface area contributed by atoms with Gasteiger partial charge in [-0.3, -0.25) is 4.79 Å². The third-order valence-electron chi connectivity index (χ3n) is 3.58. The lowest BCUT2D eigenvalue weighted by atomic mass is 9.98. The van der Waals surface area contributed by atoms with Gasteiger partial charge in [-0.05, 0) is 38.1 Å². The van der Waals surface area contributed by atoms with Gasteiger partial charge < -0.3 is 10.2 Å². The zero-order chi connectivity index (χ0) is 10.7. The van der Waals surface area contributed by atoms with Gasteiger partial charge in [-0.15, -0.1) is 0 Å². The van der Waals surface area contributed by atoms with Crippen LogP contribution in [0.25, 0.3) is 0 Å². The lowest BCUT2D eigenvalue weighted by molar-refractivity contribution is -0.135. The maximum absolute atomic E-state index is 12.2. The molecule has 1 amide bonds. The van der Waals surface area contributed by atoms with Crippen LogP contribution in [0.4, 0.5) is 0 Å². The fourth-order valence-corrected chi connectivity index (χ4v) is 2.67. The van der Waals surface area contributed by atoms with Crippen LogP contribution in [0, 0.1) is 5.92 Å². The molecule has 0 aromatic heterocycles. The van der Waals surface area contributed by atoms with Crippen molar-refractivity contribution in [3.8, 4) is 0 Å². The number of amides is 1. The Labute approximate surface area is 92.2 Å². The lowest BCUT2D eigenvalue weighted by Gasteiger charge is -2.35. The molecule has 2 atom stereocenters. The van der Waals surface area contributed by atoms with Crippen molar-refractivity contribution in [3.05, 3.63) is 0 Å². The second-order valence-corrected chi connectivity index (χ2v) is 5.03. The number of likely N-dealkylation sites (tertiary alicyclic amines) is 1. The normalized spacial score (nSPS) is 32.7. The molecule has 2 fully saturated rings. The molecule has 0 bridgehead atoms. The van der Waals surface area contributed by atoms with Crippen LogP contribution in [-0.4, -0.2) is 36.5 Å². The van der Waals surface area contributed by atoms with E-state index < -0.39 is 0 Å². The highest BCUT2D eigenvalue weighted by atomic mass is 16.2. The average molecular weight is 210 g/mol. The van der Waals surface area contributed by atoms with Crippen LogP contribution < -0.4 is 5.32 Å². The molecule has 0 saturated carbocycles. The van der Waals surface area contributed by atoms with E-state index in [-0.39, 0.29) is 6.04 Å².